The van der Waals surface area contributed by atoms with Crippen molar-refractivity contribution in [3.05, 3.63) is 64.2 Å². The van der Waals surface area contributed by atoms with Crippen molar-refractivity contribution in [1.29, 1.82) is 0 Å². The van der Waals surface area contributed by atoms with Crippen LogP contribution < -0.4 is 10.1 Å². The number of carboxylic acids is 1. The Labute approximate surface area is 195 Å². The number of ether oxygens (including phenoxy) is 2. The quantitative estimate of drug-likeness (QED) is 0.506. The SMILES string of the molecule is Cc1ccc(CC(C)(C)NCC(O)CO[C@H](C)c2cccc3c2O[C@H]2[C@H](C(=O)O)[C@@H]32)cc1C. The lowest BCUT2D eigenvalue weighted by Crippen LogP contribution is -2.46. The second kappa shape index (κ2) is 9.09. The lowest BCUT2D eigenvalue weighted by molar-refractivity contribution is -0.139. The lowest BCUT2D eigenvalue weighted by Gasteiger charge is -2.28. The fraction of sp³-hybridized carbons (Fsp3) is 0.519. The monoisotopic (exact) mass is 453 g/mol. The number of hydrogen-bond donors (Lipinski definition) is 3. The Bertz CT molecular complexity index is 1030. The Morgan fingerprint density at radius 1 is 1.21 bits per heavy atom. The van der Waals surface area contributed by atoms with Crippen molar-refractivity contribution in [3.63, 3.8) is 0 Å². The van der Waals surface area contributed by atoms with Gasteiger partial charge in [0, 0.05) is 29.1 Å². The fourth-order valence-electron chi connectivity index (χ4n) is 4.81. The van der Waals surface area contributed by atoms with Gasteiger partial charge in [0.25, 0.3) is 0 Å². The standard InChI is InChI=1S/C27H35NO5/c1-15-9-10-18(11-16(15)2)12-27(4,5)28-13-19(29)14-32-17(3)20-7-6-8-21-22-23(26(30)31)25(22)33-24(20)21/h6-11,17,19,22-23,25,28-29H,12-14H2,1-5H3,(H,30,31)/t17-,19?,22-,23-,25-/m1/s1. The molecule has 0 radical (unpaired) electrons. The summed E-state index contributed by atoms with van der Waals surface area (Å²) < 4.78 is 11.9. The number of aliphatic carboxylic acids is 1. The van der Waals surface area contributed by atoms with Crippen molar-refractivity contribution in [3.8, 4) is 5.75 Å². The molecule has 0 aromatic heterocycles. The minimum absolute atomic E-state index is 0.0565. The molecular weight excluding hydrogens is 418 g/mol. The van der Waals surface area contributed by atoms with Crippen molar-refractivity contribution in [2.45, 2.75) is 70.8 Å². The van der Waals surface area contributed by atoms with Crippen molar-refractivity contribution in [2.24, 2.45) is 5.92 Å². The van der Waals surface area contributed by atoms with E-state index in [0.717, 1.165) is 23.3 Å². The number of aryl methyl sites for hydroxylation is 2. The molecule has 33 heavy (non-hydrogen) atoms. The molecule has 1 unspecified atom stereocenters. The van der Waals surface area contributed by atoms with Crippen LogP contribution in [0.1, 0.15) is 60.6 Å². The van der Waals surface area contributed by atoms with Crippen LogP contribution in [-0.2, 0) is 16.0 Å². The highest BCUT2D eigenvalue weighted by Gasteiger charge is 2.63. The number of hydrogen-bond acceptors (Lipinski definition) is 5. The second-order valence-corrected chi connectivity index (χ2v) is 10.2. The summed E-state index contributed by atoms with van der Waals surface area (Å²) in [6.45, 7) is 11.1. The molecule has 0 spiro atoms. The molecule has 1 fully saturated rings. The number of aliphatic hydroxyl groups excluding tert-OH is 1. The molecule has 0 amide bonds. The molecule has 2 aromatic carbocycles. The predicted octanol–water partition coefficient (Wildman–Crippen LogP) is 3.91. The molecule has 4 rings (SSSR count). The van der Waals surface area contributed by atoms with Gasteiger partial charge in [-0.05, 0) is 57.7 Å². The van der Waals surface area contributed by atoms with Crippen LogP contribution >= 0.6 is 0 Å². The minimum Gasteiger partial charge on any atom is -0.488 e. The number of aliphatic hydroxyl groups is 1. The molecule has 1 aliphatic heterocycles. The normalized spacial score (nSPS) is 22.8. The molecule has 1 aliphatic carbocycles. The van der Waals surface area contributed by atoms with Crippen LogP contribution in [0.2, 0.25) is 0 Å². The Balaban J connectivity index is 1.27. The highest BCUT2D eigenvalue weighted by molar-refractivity contribution is 5.79. The van der Waals surface area contributed by atoms with E-state index in [2.05, 4.69) is 51.2 Å². The number of rotatable bonds is 10. The van der Waals surface area contributed by atoms with Gasteiger partial charge in [-0.15, -0.1) is 0 Å². The first-order chi connectivity index (χ1) is 15.6. The maximum Gasteiger partial charge on any atom is 0.311 e. The predicted molar refractivity (Wildman–Crippen MR) is 127 cm³/mol. The third-order valence-electron chi connectivity index (χ3n) is 6.94. The number of carbonyl (C=O) groups is 1. The molecular formula is C27H35NO5. The summed E-state index contributed by atoms with van der Waals surface area (Å²) in [5.41, 5.74) is 5.55. The van der Waals surface area contributed by atoms with E-state index in [1.54, 1.807) is 0 Å². The smallest absolute Gasteiger partial charge is 0.311 e. The summed E-state index contributed by atoms with van der Waals surface area (Å²) in [6.07, 6.45) is -0.307. The number of β-amino-alcohol motifs (C(OH)–C–C–N with tert-alkyl or cyclic N) is 1. The van der Waals surface area contributed by atoms with Crippen LogP contribution in [0.4, 0.5) is 0 Å². The average molecular weight is 454 g/mol. The van der Waals surface area contributed by atoms with Crippen LogP contribution in [0.15, 0.2) is 36.4 Å². The van der Waals surface area contributed by atoms with E-state index in [9.17, 15) is 15.0 Å². The largest absolute Gasteiger partial charge is 0.488 e. The number of carboxylic acid groups (broad SMARTS) is 1. The third-order valence-corrected chi connectivity index (χ3v) is 6.94. The van der Waals surface area contributed by atoms with Crippen LogP contribution in [0.3, 0.4) is 0 Å². The van der Waals surface area contributed by atoms with Gasteiger partial charge in [-0.3, -0.25) is 4.79 Å². The zero-order valence-corrected chi connectivity index (χ0v) is 20.1. The Hall–Kier alpha value is -2.41. The van der Waals surface area contributed by atoms with Crippen molar-refractivity contribution in [2.75, 3.05) is 13.2 Å². The highest BCUT2D eigenvalue weighted by Crippen LogP contribution is 2.59. The Morgan fingerprint density at radius 2 is 1.97 bits per heavy atom. The summed E-state index contributed by atoms with van der Waals surface area (Å²) in [7, 11) is 0. The maximum absolute atomic E-state index is 11.3. The first kappa shape index (κ1) is 23.7. The van der Waals surface area contributed by atoms with Crippen LogP contribution in [0.5, 0.6) is 5.75 Å². The van der Waals surface area contributed by atoms with Crippen LogP contribution in [0.25, 0.3) is 0 Å². The third kappa shape index (κ3) is 5.08. The summed E-state index contributed by atoms with van der Waals surface area (Å²) in [5, 5.41) is 23.3. The van der Waals surface area contributed by atoms with E-state index in [-0.39, 0.29) is 30.3 Å². The molecule has 6 heteroatoms. The van der Waals surface area contributed by atoms with Gasteiger partial charge in [-0.25, -0.2) is 0 Å². The lowest BCUT2D eigenvalue weighted by atomic mass is 9.93. The molecule has 1 saturated carbocycles. The zero-order chi connectivity index (χ0) is 23.9. The van der Waals surface area contributed by atoms with Gasteiger partial charge < -0.3 is 25.0 Å². The van der Waals surface area contributed by atoms with Gasteiger partial charge in [0.05, 0.1) is 18.8 Å². The summed E-state index contributed by atoms with van der Waals surface area (Å²) in [6, 6.07) is 12.3. The summed E-state index contributed by atoms with van der Waals surface area (Å²) >= 11 is 0. The molecule has 6 nitrogen and oxygen atoms in total. The zero-order valence-electron chi connectivity index (χ0n) is 20.1. The first-order valence-electron chi connectivity index (χ1n) is 11.7. The molecule has 2 aliphatic rings. The van der Waals surface area contributed by atoms with Crippen molar-refractivity contribution in [1.82, 2.24) is 5.32 Å². The van der Waals surface area contributed by atoms with E-state index >= 15 is 0 Å². The van der Waals surface area contributed by atoms with Gasteiger partial charge in [0.2, 0.25) is 0 Å². The van der Waals surface area contributed by atoms with E-state index in [1.807, 2.05) is 25.1 Å². The second-order valence-electron chi connectivity index (χ2n) is 10.2. The Morgan fingerprint density at radius 3 is 2.67 bits per heavy atom. The van der Waals surface area contributed by atoms with E-state index < -0.39 is 18.0 Å². The number of fused-ring (bicyclic) bond motifs is 3. The molecule has 1 heterocycles. The van der Waals surface area contributed by atoms with Gasteiger partial charge in [-0.1, -0.05) is 36.4 Å². The molecule has 3 N–H and O–H groups in total. The van der Waals surface area contributed by atoms with Gasteiger partial charge in [0.1, 0.15) is 17.8 Å². The minimum atomic E-state index is -0.804. The van der Waals surface area contributed by atoms with E-state index in [0.29, 0.717) is 6.54 Å². The molecule has 0 saturated heterocycles. The topological polar surface area (TPSA) is 88.0 Å². The van der Waals surface area contributed by atoms with E-state index in [1.165, 1.54) is 16.7 Å². The molecule has 178 valence electrons. The maximum atomic E-state index is 11.3. The van der Waals surface area contributed by atoms with Crippen molar-refractivity contribution >= 4 is 5.97 Å². The summed E-state index contributed by atoms with van der Waals surface area (Å²) in [5.74, 6) is -0.552. The van der Waals surface area contributed by atoms with Crippen LogP contribution in [0, 0.1) is 19.8 Å². The van der Waals surface area contributed by atoms with Crippen LogP contribution in [-0.4, -0.2) is 47.1 Å². The van der Waals surface area contributed by atoms with Gasteiger partial charge in [0.15, 0.2) is 0 Å². The number of nitrogens with one attached hydrogen (secondary N) is 1. The fourth-order valence-corrected chi connectivity index (χ4v) is 4.81. The Kier molecular flexibility index (Phi) is 6.54. The highest BCUT2D eigenvalue weighted by atomic mass is 16.5. The van der Waals surface area contributed by atoms with Crippen molar-refractivity contribution < 1.29 is 24.5 Å². The van der Waals surface area contributed by atoms with Gasteiger partial charge >= 0.3 is 5.97 Å². The van der Waals surface area contributed by atoms with E-state index in [4.69, 9.17) is 9.47 Å². The average Bonchev–Trinajstić information content (AvgIpc) is 3.35. The summed E-state index contributed by atoms with van der Waals surface area (Å²) in [4.78, 5) is 11.3. The number of benzene rings is 2. The molecule has 2 aromatic rings. The van der Waals surface area contributed by atoms with Gasteiger partial charge in [-0.2, -0.15) is 0 Å². The first-order valence-corrected chi connectivity index (χ1v) is 11.7. The molecule has 5 atom stereocenters. The molecule has 0 bridgehead atoms. The number of para-hydroxylation sites is 1.